The maximum atomic E-state index is 12.8. The predicted molar refractivity (Wildman–Crippen MR) is 121 cm³/mol. The Hall–Kier alpha value is -2.84. The zero-order chi connectivity index (χ0) is 22.4. The van der Waals surface area contributed by atoms with E-state index in [4.69, 9.17) is 9.47 Å². The van der Waals surface area contributed by atoms with Crippen molar-refractivity contribution in [1.29, 1.82) is 0 Å². The van der Waals surface area contributed by atoms with Gasteiger partial charge in [-0.05, 0) is 50.2 Å². The minimum Gasteiger partial charge on any atom is -0.460 e. The zero-order valence-electron chi connectivity index (χ0n) is 18.8. The van der Waals surface area contributed by atoms with E-state index < -0.39 is 5.97 Å². The number of H-pyrrole nitrogens is 1. The summed E-state index contributed by atoms with van der Waals surface area (Å²) >= 11 is 0. The van der Waals surface area contributed by atoms with Crippen LogP contribution in [0.25, 0.3) is 0 Å². The van der Waals surface area contributed by atoms with Gasteiger partial charge in [0.05, 0.1) is 12.2 Å². The number of aryl methyl sites for hydroxylation is 1. The molecule has 0 aliphatic carbocycles. The Bertz CT molecular complexity index is 899. The number of carbonyl (C=O) groups is 2. The van der Waals surface area contributed by atoms with Crippen LogP contribution in [0.15, 0.2) is 24.3 Å². The van der Waals surface area contributed by atoms with Gasteiger partial charge in [-0.1, -0.05) is 6.92 Å². The third-order valence-corrected chi connectivity index (χ3v) is 5.70. The maximum absolute atomic E-state index is 12.8. The van der Waals surface area contributed by atoms with Crippen LogP contribution in [0.3, 0.4) is 0 Å². The number of aromatic amines is 1. The van der Waals surface area contributed by atoms with Crippen molar-refractivity contribution in [2.75, 3.05) is 63.3 Å². The fraction of sp³-hybridized carbons (Fsp3) is 0.478. The molecule has 2 aromatic rings. The number of rotatable bonds is 8. The summed E-state index contributed by atoms with van der Waals surface area (Å²) in [5.41, 5.74) is 3.78. The topological polar surface area (TPSA) is 86.9 Å². The van der Waals surface area contributed by atoms with E-state index in [-0.39, 0.29) is 12.5 Å². The molecule has 0 saturated carbocycles. The number of esters is 1. The molecular weight excluding hydrogens is 396 g/mol. The number of nitrogens with one attached hydrogen (secondary N) is 2. The average Bonchev–Trinajstić information content (AvgIpc) is 3.08. The highest BCUT2D eigenvalue weighted by atomic mass is 16.6. The van der Waals surface area contributed by atoms with Gasteiger partial charge >= 0.3 is 5.97 Å². The van der Waals surface area contributed by atoms with Gasteiger partial charge in [-0.2, -0.15) is 0 Å². The second-order valence-corrected chi connectivity index (χ2v) is 7.68. The molecule has 1 aromatic heterocycles. The molecule has 2 heterocycles. The summed E-state index contributed by atoms with van der Waals surface area (Å²) in [7, 11) is 1.54. The lowest BCUT2D eigenvalue weighted by Gasteiger charge is -2.35. The van der Waals surface area contributed by atoms with Crippen LogP contribution in [0.5, 0.6) is 0 Å². The highest BCUT2D eigenvalue weighted by molar-refractivity contribution is 6.06. The van der Waals surface area contributed by atoms with Gasteiger partial charge in [0.2, 0.25) is 0 Å². The van der Waals surface area contributed by atoms with E-state index >= 15 is 0 Å². The first-order valence-electron chi connectivity index (χ1n) is 10.7. The van der Waals surface area contributed by atoms with Crippen molar-refractivity contribution in [3.05, 3.63) is 46.8 Å². The first-order chi connectivity index (χ1) is 14.9. The Balaban J connectivity index is 1.64. The van der Waals surface area contributed by atoms with E-state index in [0.29, 0.717) is 34.8 Å². The van der Waals surface area contributed by atoms with Crippen molar-refractivity contribution in [2.24, 2.45) is 0 Å². The third kappa shape index (κ3) is 5.45. The lowest BCUT2D eigenvalue weighted by atomic mass is 10.1. The number of likely N-dealkylation sites (N-methyl/N-ethyl adjacent to an activating group) is 1. The normalized spacial score (nSPS) is 14.5. The van der Waals surface area contributed by atoms with E-state index in [1.54, 1.807) is 21.0 Å². The number of anilines is 2. The fourth-order valence-corrected chi connectivity index (χ4v) is 3.84. The van der Waals surface area contributed by atoms with Crippen LogP contribution in [-0.4, -0.2) is 74.8 Å². The van der Waals surface area contributed by atoms with Crippen molar-refractivity contribution in [2.45, 2.75) is 20.8 Å². The summed E-state index contributed by atoms with van der Waals surface area (Å²) in [4.78, 5) is 33.0. The molecule has 1 aliphatic heterocycles. The van der Waals surface area contributed by atoms with Gasteiger partial charge < -0.3 is 29.6 Å². The van der Waals surface area contributed by atoms with Gasteiger partial charge in [-0.3, -0.25) is 4.79 Å². The highest BCUT2D eigenvalue weighted by Gasteiger charge is 2.23. The number of aromatic nitrogens is 1. The lowest BCUT2D eigenvalue weighted by molar-refractivity contribution is 0.0387. The third-order valence-electron chi connectivity index (χ3n) is 5.70. The molecule has 31 heavy (non-hydrogen) atoms. The summed E-state index contributed by atoms with van der Waals surface area (Å²) in [5.74, 6) is -0.754. The minimum atomic E-state index is -0.463. The Morgan fingerprint density at radius 2 is 1.74 bits per heavy atom. The number of hydrogen-bond acceptors (Lipinski definition) is 6. The van der Waals surface area contributed by atoms with E-state index in [2.05, 4.69) is 27.0 Å². The van der Waals surface area contributed by atoms with E-state index in [9.17, 15) is 9.59 Å². The Kier molecular flexibility index (Phi) is 7.70. The largest absolute Gasteiger partial charge is 0.460 e. The molecule has 0 spiro atoms. The first-order valence-corrected chi connectivity index (χ1v) is 10.7. The number of piperazine rings is 1. The zero-order valence-corrected chi connectivity index (χ0v) is 18.8. The highest BCUT2D eigenvalue weighted by Crippen LogP contribution is 2.22. The monoisotopic (exact) mass is 428 g/mol. The molecule has 3 rings (SSSR count). The Morgan fingerprint density at radius 1 is 1.06 bits per heavy atom. The quantitative estimate of drug-likeness (QED) is 0.497. The number of amides is 1. The summed E-state index contributed by atoms with van der Waals surface area (Å²) in [6.45, 7) is 11.4. The van der Waals surface area contributed by atoms with Crippen LogP contribution in [0, 0.1) is 13.8 Å². The molecule has 0 unspecified atom stereocenters. The van der Waals surface area contributed by atoms with E-state index in [0.717, 1.165) is 38.4 Å². The minimum absolute atomic E-state index is 0.167. The maximum Gasteiger partial charge on any atom is 0.340 e. The number of ether oxygens (including phenoxy) is 2. The lowest BCUT2D eigenvalue weighted by Crippen LogP contribution is -2.46. The molecule has 1 saturated heterocycles. The molecule has 0 bridgehead atoms. The number of methoxy groups -OCH3 is 1. The number of benzene rings is 1. The second kappa shape index (κ2) is 10.5. The molecule has 1 aliphatic rings. The van der Waals surface area contributed by atoms with Gasteiger partial charge in [0, 0.05) is 50.4 Å². The molecule has 1 fully saturated rings. The van der Waals surface area contributed by atoms with Crippen LogP contribution in [0.4, 0.5) is 11.4 Å². The van der Waals surface area contributed by atoms with Crippen LogP contribution in [-0.2, 0) is 9.47 Å². The van der Waals surface area contributed by atoms with E-state index in [1.807, 2.05) is 24.3 Å². The molecular formula is C23H32N4O4. The van der Waals surface area contributed by atoms with Crippen LogP contribution in [0.1, 0.15) is 39.0 Å². The van der Waals surface area contributed by atoms with Gasteiger partial charge in [0.1, 0.15) is 12.3 Å². The molecule has 0 atom stereocenters. The number of nitrogens with zero attached hydrogens (tertiary/aromatic N) is 2. The predicted octanol–water partition coefficient (Wildman–Crippen LogP) is 2.83. The molecule has 2 N–H and O–H groups in total. The molecule has 1 amide bonds. The van der Waals surface area contributed by atoms with Crippen LogP contribution in [0.2, 0.25) is 0 Å². The molecule has 8 nitrogen and oxygen atoms in total. The van der Waals surface area contributed by atoms with Crippen molar-refractivity contribution >= 4 is 23.3 Å². The Labute approximate surface area is 183 Å². The second-order valence-electron chi connectivity index (χ2n) is 7.68. The van der Waals surface area contributed by atoms with E-state index in [1.165, 1.54) is 0 Å². The smallest absolute Gasteiger partial charge is 0.340 e. The molecule has 8 heteroatoms. The van der Waals surface area contributed by atoms with Gasteiger partial charge in [-0.15, -0.1) is 0 Å². The summed E-state index contributed by atoms with van der Waals surface area (Å²) in [5, 5.41) is 2.91. The first kappa shape index (κ1) is 22.8. The number of carbonyl (C=O) groups excluding carboxylic acids is 2. The summed E-state index contributed by atoms with van der Waals surface area (Å²) in [6, 6.07) is 7.88. The fourth-order valence-electron chi connectivity index (χ4n) is 3.84. The van der Waals surface area contributed by atoms with Crippen LogP contribution >= 0.6 is 0 Å². The summed E-state index contributed by atoms with van der Waals surface area (Å²) < 4.78 is 10.1. The molecule has 0 radical (unpaired) electrons. The summed E-state index contributed by atoms with van der Waals surface area (Å²) in [6.07, 6.45) is 0. The van der Waals surface area contributed by atoms with Crippen molar-refractivity contribution in [3.8, 4) is 0 Å². The number of hydrogen-bond donors (Lipinski definition) is 2. The van der Waals surface area contributed by atoms with Gasteiger partial charge in [0.15, 0.2) is 0 Å². The van der Waals surface area contributed by atoms with Gasteiger partial charge in [0.25, 0.3) is 5.91 Å². The van der Waals surface area contributed by atoms with Crippen molar-refractivity contribution < 1.29 is 19.1 Å². The van der Waals surface area contributed by atoms with Crippen LogP contribution < -0.4 is 10.2 Å². The standard InChI is InChI=1S/C23H32N4O4/c1-5-26-10-12-27(13-11-26)19-8-6-18(7-9-19)25-22(28)21-16(2)20(17(3)24-21)23(29)31-15-14-30-4/h6-9,24H,5,10-15H2,1-4H3,(H,25,28). The van der Waals surface area contributed by atoms with Crippen molar-refractivity contribution in [1.82, 2.24) is 9.88 Å². The van der Waals surface area contributed by atoms with Gasteiger partial charge in [-0.25, -0.2) is 4.79 Å². The Morgan fingerprint density at radius 3 is 2.35 bits per heavy atom. The average molecular weight is 429 g/mol. The van der Waals surface area contributed by atoms with Crippen molar-refractivity contribution in [3.63, 3.8) is 0 Å². The molecule has 1 aromatic carbocycles. The molecule has 168 valence electrons. The SMILES string of the molecule is CCN1CCN(c2ccc(NC(=O)c3[nH]c(C)c(C(=O)OCCOC)c3C)cc2)CC1.